The number of phenols is 1. The number of hydrogen-bond acceptors (Lipinski definition) is 2. The summed E-state index contributed by atoms with van der Waals surface area (Å²) in [5.41, 5.74) is 5.63. The van der Waals surface area contributed by atoms with Crippen LogP contribution in [0.4, 0.5) is 0 Å². The first-order valence-electron chi connectivity index (χ1n) is 9.61. The molecule has 2 nitrogen and oxygen atoms in total. The van der Waals surface area contributed by atoms with Gasteiger partial charge in [0.25, 0.3) is 0 Å². The van der Waals surface area contributed by atoms with Crippen LogP contribution < -0.4 is 0 Å². The molecule has 1 N–H and O–H groups in total. The highest BCUT2D eigenvalue weighted by Gasteiger charge is 2.23. The molecule has 0 saturated carbocycles. The number of hydrogen-bond donors (Lipinski definition) is 1. The highest BCUT2D eigenvalue weighted by atomic mass is 16.5. The molecule has 1 aliphatic heterocycles. The van der Waals surface area contributed by atoms with Gasteiger partial charge in [-0.15, -0.1) is 0 Å². The molecule has 3 rings (SSSR count). The van der Waals surface area contributed by atoms with E-state index in [4.69, 9.17) is 4.74 Å². The van der Waals surface area contributed by atoms with Gasteiger partial charge in [-0.1, -0.05) is 75.0 Å². The van der Waals surface area contributed by atoms with Gasteiger partial charge in [-0.05, 0) is 53.2 Å². The lowest BCUT2D eigenvalue weighted by atomic mass is 9.89. The quantitative estimate of drug-likeness (QED) is 0.591. The average molecular weight is 360 g/mol. The average Bonchev–Trinajstić information content (AvgIpc) is 3.15. The van der Waals surface area contributed by atoms with E-state index in [0.717, 1.165) is 18.4 Å². The summed E-state index contributed by atoms with van der Waals surface area (Å²) in [5, 5.41) is 10.2. The maximum atomic E-state index is 10.2. The molecule has 27 heavy (non-hydrogen) atoms. The number of ether oxygens (including phenoxy) is 1. The molecule has 0 bridgehead atoms. The Labute approximate surface area is 162 Å². The summed E-state index contributed by atoms with van der Waals surface area (Å²) < 4.78 is 5.97. The standard InChI is InChI=1S/C25H28O2/c1-18(2)19(3)23-15-16-27-25(23)14-13-21(20-9-5-4-6-10-20)17-22-11-7-8-12-24(22)26/h4-12,15,17-18,25-26H,3,13-14,16H2,1-2H3/b21-17-. The second kappa shape index (κ2) is 8.88. The van der Waals surface area contributed by atoms with Crippen LogP contribution >= 0.6 is 0 Å². The predicted octanol–water partition coefficient (Wildman–Crippen LogP) is 6.25. The maximum absolute atomic E-state index is 10.2. The van der Waals surface area contributed by atoms with Crippen molar-refractivity contribution < 1.29 is 9.84 Å². The van der Waals surface area contributed by atoms with Gasteiger partial charge in [0.15, 0.2) is 0 Å². The van der Waals surface area contributed by atoms with Gasteiger partial charge in [0.1, 0.15) is 5.75 Å². The molecule has 0 aliphatic carbocycles. The smallest absolute Gasteiger partial charge is 0.122 e. The minimum atomic E-state index is 0.0939. The Morgan fingerprint density at radius 3 is 2.56 bits per heavy atom. The van der Waals surface area contributed by atoms with Crippen LogP contribution in [-0.2, 0) is 4.74 Å². The second-order valence-electron chi connectivity index (χ2n) is 7.29. The van der Waals surface area contributed by atoms with Crippen LogP contribution in [0.2, 0.25) is 0 Å². The summed E-state index contributed by atoms with van der Waals surface area (Å²) in [6, 6.07) is 17.8. The maximum Gasteiger partial charge on any atom is 0.122 e. The van der Waals surface area contributed by atoms with E-state index in [0.29, 0.717) is 18.3 Å². The predicted molar refractivity (Wildman–Crippen MR) is 113 cm³/mol. The molecule has 1 aliphatic rings. The SMILES string of the molecule is C=C(C1=CCOC1CC/C(=C/c1ccccc1O)c1ccccc1)C(C)C. The third kappa shape index (κ3) is 4.78. The fourth-order valence-corrected chi connectivity index (χ4v) is 3.42. The number of para-hydroxylation sites is 1. The molecule has 1 atom stereocenters. The third-order valence-corrected chi connectivity index (χ3v) is 5.10. The first-order chi connectivity index (χ1) is 13.1. The Kier molecular flexibility index (Phi) is 6.31. The minimum absolute atomic E-state index is 0.0939. The number of rotatable bonds is 7. The number of phenolic OH excluding ortho intramolecular Hbond substituents is 1. The molecule has 0 saturated heterocycles. The van der Waals surface area contributed by atoms with E-state index in [1.807, 2.05) is 36.4 Å². The van der Waals surface area contributed by atoms with Crippen molar-refractivity contribution >= 4 is 11.6 Å². The molecule has 0 radical (unpaired) electrons. The van der Waals surface area contributed by atoms with Gasteiger partial charge in [0.05, 0.1) is 12.7 Å². The lowest BCUT2D eigenvalue weighted by molar-refractivity contribution is 0.117. The molecular weight excluding hydrogens is 332 g/mol. The Balaban J connectivity index is 1.82. The zero-order valence-corrected chi connectivity index (χ0v) is 16.2. The van der Waals surface area contributed by atoms with Crippen LogP contribution in [-0.4, -0.2) is 17.8 Å². The van der Waals surface area contributed by atoms with Gasteiger partial charge in [0.2, 0.25) is 0 Å². The van der Waals surface area contributed by atoms with Crippen molar-refractivity contribution in [1.29, 1.82) is 0 Å². The van der Waals surface area contributed by atoms with E-state index in [1.54, 1.807) is 6.07 Å². The summed E-state index contributed by atoms with van der Waals surface area (Å²) in [5.74, 6) is 0.725. The lowest BCUT2D eigenvalue weighted by Gasteiger charge is -2.20. The third-order valence-electron chi connectivity index (χ3n) is 5.10. The van der Waals surface area contributed by atoms with Gasteiger partial charge in [-0.25, -0.2) is 0 Å². The molecule has 2 aromatic carbocycles. The fraction of sp³-hybridized carbons (Fsp3) is 0.280. The van der Waals surface area contributed by atoms with Crippen molar-refractivity contribution in [3.8, 4) is 5.75 Å². The van der Waals surface area contributed by atoms with Crippen molar-refractivity contribution in [1.82, 2.24) is 0 Å². The van der Waals surface area contributed by atoms with E-state index < -0.39 is 0 Å². The first kappa shape index (κ1) is 19.2. The Hall–Kier alpha value is -2.58. The van der Waals surface area contributed by atoms with Crippen LogP contribution in [0, 0.1) is 5.92 Å². The zero-order valence-electron chi connectivity index (χ0n) is 16.2. The molecular formula is C25H28O2. The van der Waals surface area contributed by atoms with Gasteiger partial charge in [-0.2, -0.15) is 0 Å². The molecule has 0 aromatic heterocycles. The highest BCUT2D eigenvalue weighted by molar-refractivity contribution is 5.83. The first-order valence-corrected chi connectivity index (χ1v) is 9.61. The molecule has 2 aromatic rings. The van der Waals surface area contributed by atoms with Gasteiger partial charge >= 0.3 is 0 Å². The van der Waals surface area contributed by atoms with Crippen LogP contribution in [0.25, 0.3) is 11.6 Å². The summed E-state index contributed by atoms with van der Waals surface area (Å²) in [6.07, 6.45) is 6.11. The van der Waals surface area contributed by atoms with E-state index in [9.17, 15) is 5.11 Å². The molecule has 2 heteroatoms. The number of allylic oxidation sites excluding steroid dienone is 1. The van der Waals surface area contributed by atoms with Crippen LogP contribution in [0.1, 0.15) is 37.8 Å². The Bertz CT molecular complexity index is 844. The van der Waals surface area contributed by atoms with E-state index in [2.05, 4.69) is 44.7 Å². The molecule has 140 valence electrons. The largest absolute Gasteiger partial charge is 0.507 e. The van der Waals surface area contributed by atoms with Crippen molar-refractivity contribution in [3.05, 3.63) is 89.5 Å². The van der Waals surface area contributed by atoms with Gasteiger partial charge < -0.3 is 9.84 Å². The molecule has 0 fully saturated rings. The summed E-state index contributed by atoms with van der Waals surface area (Å²) in [7, 11) is 0. The van der Waals surface area contributed by atoms with Crippen molar-refractivity contribution in [2.75, 3.05) is 6.61 Å². The van der Waals surface area contributed by atoms with E-state index >= 15 is 0 Å². The van der Waals surface area contributed by atoms with Crippen LogP contribution in [0.15, 0.2) is 78.4 Å². The summed E-state index contributed by atoms with van der Waals surface area (Å²) in [6.45, 7) is 9.26. The Morgan fingerprint density at radius 2 is 1.85 bits per heavy atom. The number of aromatic hydroxyl groups is 1. The second-order valence-corrected chi connectivity index (χ2v) is 7.29. The van der Waals surface area contributed by atoms with E-state index in [-0.39, 0.29) is 6.10 Å². The van der Waals surface area contributed by atoms with Crippen molar-refractivity contribution in [2.24, 2.45) is 5.92 Å². The molecule has 0 spiro atoms. The number of benzene rings is 2. The Morgan fingerprint density at radius 1 is 1.15 bits per heavy atom. The monoisotopic (exact) mass is 360 g/mol. The van der Waals surface area contributed by atoms with Crippen molar-refractivity contribution in [3.63, 3.8) is 0 Å². The summed E-state index contributed by atoms with van der Waals surface area (Å²) >= 11 is 0. The normalized spacial score (nSPS) is 17.2. The van der Waals surface area contributed by atoms with Crippen molar-refractivity contribution in [2.45, 2.75) is 32.8 Å². The van der Waals surface area contributed by atoms with E-state index in [1.165, 1.54) is 22.3 Å². The lowest BCUT2D eigenvalue weighted by Crippen LogP contribution is -2.13. The summed E-state index contributed by atoms with van der Waals surface area (Å²) in [4.78, 5) is 0. The highest BCUT2D eigenvalue weighted by Crippen LogP contribution is 2.33. The topological polar surface area (TPSA) is 29.5 Å². The van der Waals surface area contributed by atoms with Gasteiger partial charge in [0, 0.05) is 5.56 Å². The van der Waals surface area contributed by atoms with Gasteiger partial charge in [-0.3, -0.25) is 0 Å². The van der Waals surface area contributed by atoms with Crippen LogP contribution in [0.3, 0.4) is 0 Å². The molecule has 1 unspecified atom stereocenters. The van der Waals surface area contributed by atoms with Crippen LogP contribution in [0.5, 0.6) is 5.75 Å². The molecule has 1 heterocycles. The zero-order chi connectivity index (χ0) is 19.2. The fourth-order valence-electron chi connectivity index (χ4n) is 3.42. The molecule has 0 amide bonds. The minimum Gasteiger partial charge on any atom is -0.507 e.